The van der Waals surface area contributed by atoms with Crippen molar-refractivity contribution in [3.63, 3.8) is 0 Å². The van der Waals surface area contributed by atoms with Gasteiger partial charge in [0.05, 0.1) is 5.39 Å². The lowest BCUT2D eigenvalue weighted by Gasteiger charge is -2.41. The number of hydrogen-bond donors (Lipinski definition) is 2. The lowest BCUT2D eigenvalue weighted by molar-refractivity contribution is -0.121. The highest BCUT2D eigenvalue weighted by molar-refractivity contribution is 7.18. The number of amides is 1. The number of fused-ring (bicyclic) bond motifs is 3. The number of likely N-dealkylation sites (tertiary alicyclic amines) is 1. The van der Waals surface area contributed by atoms with E-state index in [1.54, 1.807) is 11.3 Å². The van der Waals surface area contributed by atoms with Crippen molar-refractivity contribution >= 4 is 27.5 Å². The number of H-pyrrole nitrogens is 1. The van der Waals surface area contributed by atoms with Gasteiger partial charge in [-0.2, -0.15) is 0 Å². The Balaban J connectivity index is 1.35. The minimum atomic E-state index is -0.0453. The molecular weight excluding hydrogens is 384 g/mol. The molecular formula is C22H32N4O2S. The zero-order chi connectivity index (χ0) is 20.4. The quantitative estimate of drug-likeness (QED) is 0.758. The van der Waals surface area contributed by atoms with Gasteiger partial charge in [0.25, 0.3) is 5.56 Å². The summed E-state index contributed by atoms with van der Waals surface area (Å²) in [5, 5.41) is 3.86. The number of nitrogens with one attached hydrogen (secondary N) is 2. The molecule has 0 bridgehead atoms. The van der Waals surface area contributed by atoms with Crippen molar-refractivity contribution in [3.8, 4) is 0 Å². The van der Waals surface area contributed by atoms with E-state index in [1.165, 1.54) is 36.1 Å². The average Bonchev–Trinajstić information content (AvgIpc) is 3.10. The largest absolute Gasteiger partial charge is 0.354 e. The van der Waals surface area contributed by atoms with Crippen molar-refractivity contribution in [2.24, 2.45) is 0 Å². The van der Waals surface area contributed by atoms with Crippen LogP contribution in [-0.2, 0) is 24.1 Å². The van der Waals surface area contributed by atoms with Crippen molar-refractivity contribution in [2.45, 2.75) is 77.2 Å². The fourth-order valence-electron chi connectivity index (χ4n) is 4.57. The lowest BCUT2D eigenvalue weighted by atomic mass is 9.97. The molecule has 0 aromatic carbocycles. The van der Waals surface area contributed by atoms with E-state index in [9.17, 15) is 9.59 Å². The summed E-state index contributed by atoms with van der Waals surface area (Å²) in [4.78, 5) is 37.2. The fraction of sp³-hybridized carbons (Fsp3) is 0.682. The predicted octanol–water partition coefficient (Wildman–Crippen LogP) is 3.18. The van der Waals surface area contributed by atoms with Crippen LogP contribution in [0.25, 0.3) is 10.2 Å². The number of carbonyl (C=O) groups is 1. The van der Waals surface area contributed by atoms with E-state index < -0.39 is 0 Å². The van der Waals surface area contributed by atoms with Gasteiger partial charge >= 0.3 is 0 Å². The van der Waals surface area contributed by atoms with Crippen molar-refractivity contribution in [2.75, 3.05) is 19.6 Å². The molecule has 0 spiro atoms. The van der Waals surface area contributed by atoms with E-state index in [0.29, 0.717) is 25.2 Å². The van der Waals surface area contributed by atoms with Crippen LogP contribution in [0.2, 0.25) is 0 Å². The highest BCUT2D eigenvalue weighted by Gasteiger charge is 2.28. The SMILES string of the molecule is CC(C)(CNC(=O)CCc1nc2sc3c(c2c(=O)[nH]1)CCCC3)N1CCCCC1. The molecule has 2 N–H and O–H groups in total. The van der Waals surface area contributed by atoms with Gasteiger partial charge in [0.15, 0.2) is 0 Å². The molecule has 2 aromatic heterocycles. The summed E-state index contributed by atoms with van der Waals surface area (Å²) in [7, 11) is 0. The predicted molar refractivity (Wildman–Crippen MR) is 118 cm³/mol. The number of aryl methyl sites for hydroxylation is 3. The lowest BCUT2D eigenvalue weighted by Crippen LogP contribution is -2.53. The zero-order valence-corrected chi connectivity index (χ0v) is 18.4. The van der Waals surface area contributed by atoms with Crippen molar-refractivity contribution < 1.29 is 4.79 Å². The second kappa shape index (κ2) is 8.56. The second-order valence-corrected chi connectivity index (χ2v) is 10.1. The summed E-state index contributed by atoms with van der Waals surface area (Å²) in [6.45, 7) is 7.26. The second-order valence-electron chi connectivity index (χ2n) is 9.04. The van der Waals surface area contributed by atoms with E-state index in [-0.39, 0.29) is 17.0 Å². The standard InChI is InChI=1S/C22H32N4O2S/c1-22(2,26-12-6-3-7-13-26)14-23-18(27)11-10-17-24-20(28)19-15-8-4-5-9-16(15)29-21(19)25-17/h3-14H2,1-2H3,(H,23,27)(H,24,25,28). The topological polar surface area (TPSA) is 78.1 Å². The highest BCUT2D eigenvalue weighted by atomic mass is 32.1. The normalized spacial score (nSPS) is 18.0. The number of hydrogen-bond acceptors (Lipinski definition) is 5. The van der Waals surface area contributed by atoms with E-state index >= 15 is 0 Å². The van der Waals surface area contributed by atoms with E-state index in [0.717, 1.165) is 42.6 Å². The first-order valence-corrected chi connectivity index (χ1v) is 11.8. The highest BCUT2D eigenvalue weighted by Crippen LogP contribution is 2.33. The molecule has 2 aliphatic rings. The van der Waals surface area contributed by atoms with Gasteiger partial charge in [0.1, 0.15) is 10.7 Å². The molecule has 1 fully saturated rings. The van der Waals surface area contributed by atoms with Gasteiger partial charge in [-0.05, 0) is 71.0 Å². The Labute approximate surface area is 176 Å². The van der Waals surface area contributed by atoms with Crippen molar-refractivity contribution in [1.82, 2.24) is 20.2 Å². The van der Waals surface area contributed by atoms with Crippen LogP contribution in [0.1, 0.15) is 68.6 Å². The molecule has 3 heterocycles. The van der Waals surface area contributed by atoms with Crippen LogP contribution in [0.3, 0.4) is 0 Å². The summed E-state index contributed by atoms with van der Waals surface area (Å²) in [5.41, 5.74) is 1.13. The first-order chi connectivity index (χ1) is 13.9. The zero-order valence-electron chi connectivity index (χ0n) is 17.6. The third kappa shape index (κ3) is 4.56. The Morgan fingerprint density at radius 2 is 1.93 bits per heavy atom. The minimum absolute atomic E-state index is 0.0169. The molecule has 0 atom stereocenters. The molecule has 0 saturated carbocycles. The monoisotopic (exact) mass is 416 g/mol. The maximum atomic E-state index is 12.6. The van der Waals surface area contributed by atoms with Crippen LogP contribution in [0, 0.1) is 0 Å². The van der Waals surface area contributed by atoms with Gasteiger partial charge < -0.3 is 10.3 Å². The van der Waals surface area contributed by atoms with Gasteiger partial charge in [-0.1, -0.05) is 6.42 Å². The molecule has 29 heavy (non-hydrogen) atoms. The average molecular weight is 417 g/mol. The fourth-order valence-corrected chi connectivity index (χ4v) is 5.85. The molecule has 1 amide bonds. The Bertz CT molecular complexity index is 940. The molecule has 158 valence electrons. The molecule has 4 rings (SSSR count). The van der Waals surface area contributed by atoms with Gasteiger partial charge in [-0.3, -0.25) is 14.5 Å². The van der Waals surface area contributed by atoms with Crippen molar-refractivity contribution in [3.05, 3.63) is 26.6 Å². The number of nitrogens with zero attached hydrogens (tertiary/aromatic N) is 2. The number of rotatable bonds is 6. The number of aromatic amines is 1. The smallest absolute Gasteiger partial charge is 0.259 e. The number of aromatic nitrogens is 2. The van der Waals surface area contributed by atoms with Crippen LogP contribution in [0.4, 0.5) is 0 Å². The summed E-state index contributed by atoms with van der Waals surface area (Å²) >= 11 is 1.65. The molecule has 1 aliphatic carbocycles. The first-order valence-electron chi connectivity index (χ1n) is 11.0. The Hall–Kier alpha value is -1.73. The van der Waals surface area contributed by atoms with E-state index in [1.807, 2.05) is 0 Å². The molecule has 6 nitrogen and oxygen atoms in total. The third-order valence-corrected chi connectivity index (χ3v) is 7.58. The molecule has 1 saturated heterocycles. The molecule has 1 aliphatic heterocycles. The van der Waals surface area contributed by atoms with Gasteiger partial charge in [-0.25, -0.2) is 4.98 Å². The minimum Gasteiger partial charge on any atom is -0.354 e. The van der Waals surface area contributed by atoms with Crippen molar-refractivity contribution in [1.29, 1.82) is 0 Å². The maximum Gasteiger partial charge on any atom is 0.259 e. The van der Waals surface area contributed by atoms with Crippen LogP contribution >= 0.6 is 11.3 Å². The molecule has 0 unspecified atom stereocenters. The van der Waals surface area contributed by atoms with Crippen LogP contribution in [0.5, 0.6) is 0 Å². The molecule has 7 heteroatoms. The Morgan fingerprint density at radius 1 is 1.17 bits per heavy atom. The third-order valence-electron chi connectivity index (χ3n) is 6.39. The summed E-state index contributed by atoms with van der Waals surface area (Å²) in [5.74, 6) is 0.634. The Morgan fingerprint density at radius 3 is 2.72 bits per heavy atom. The Kier molecular flexibility index (Phi) is 6.06. The van der Waals surface area contributed by atoms with Gasteiger partial charge in [0.2, 0.25) is 5.91 Å². The molecule has 2 aromatic rings. The van der Waals surface area contributed by atoms with E-state index in [2.05, 4.69) is 34.0 Å². The van der Waals surface area contributed by atoms with Gasteiger partial charge in [0, 0.05) is 29.8 Å². The number of piperidine rings is 1. The van der Waals surface area contributed by atoms with Gasteiger partial charge in [-0.15, -0.1) is 11.3 Å². The summed E-state index contributed by atoms with van der Waals surface area (Å²) < 4.78 is 0. The molecule has 0 radical (unpaired) electrons. The summed E-state index contributed by atoms with van der Waals surface area (Å²) in [6.07, 6.45) is 8.97. The van der Waals surface area contributed by atoms with Crippen LogP contribution in [-0.4, -0.2) is 45.9 Å². The maximum absolute atomic E-state index is 12.6. The van der Waals surface area contributed by atoms with E-state index in [4.69, 9.17) is 0 Å². The summed E-state index contributed by atoms with van der Waals surface area (Å²) in [6, 6.07) is 0. The number of carbonyl (C=O) groups excluding carboxylic acids is 1. The number of thiophene rings is 1. The first kappa shape index (κ1) is 20.5. The van der Waals surface area contributed by atoms with Crippen LogP contribution in [0.15, 0.2) is 4.79 Å². The van der Waals surface area contributed by atoms with Crippen LogP contribution < -0.4 is 10.9 Å².